The lowest BCUT2D eigenvalue weighted by Gasteiger charge is -2.18. The number of halogens is 1. The number of hydrogen-bond donors (Lipinski definition) is 2. The standard InChI is InChI=1S/C15H21ClN2O3/c1-3-6-17-13-9-21-8-11(13)15(19)18-10-4-5-14(20-2)12(16)7-10/h4-5,7,11,13,17H,3,6,8-9H2,1-2H3,(H,18,19). The summed E-state index contributed by atoms with van der Waals surface area (Å²) in [5.74, 6) is 0.348. The molecule has 0 aromatic heterocycles. The number of benzene rings is 1. The van der Waals surface area contributed by atoms with Crippen molar-refractivity contribution in [3.05, 3.63) is 23.2 Å². The monoisotopic (exact) mass is 312 g/mol. The molecule has 2 atom stereocenters. The van der Waals surface area contributed by atoms with E-state index >= 15 is 0 Å². The van der Waals surface area contributed by atoms with Crippen LogP contribution in [0.4, 0.5) is 5.69 Å². The predicted molar refractivity (Wildman–Crippen MR) is 83.0 cm³/mol. The molecule has 2 unspecified atom stereocenters. The molecule has 116 valence electrons. The summed E-state index contributed by atoms with van der Waals surface area (Å²) < 4.78 is 10.5. The third-order valence-corrected chi connectivity index (χ3v) is 3.79. The molecule has 1 aromatic carbocycles. The smallest absolute Gasteiger partial charge is 0.231 e. The summed E-state index contributed by atoms with van der Waals surface area (Å²) in [4.78, 5) is 12.3. The number of rotatable bonds is 6. The van der Waals surface area contributed by atoms with Gasteiger partial charge in [-0.05, 0) is 31.2 Å². The van der Waals surface area contributed by atoms with Gasteiger partial charge in [0.05, 0.1) is 31.3 Å². The Balaban J connectivity index is 1.98. The van der Waals surface area contributed by atoms with Crippen molar-refractivity contribution in [2.45, 2.75) is 19.4 Å². The molecule has 0 saturated carbocycles. The van der Waals surface area contributed by atoms with Crippen molar-refractivity contribution in [3.63, 3.8) is 0 Å². The molecule has 5 nitrogen and oxygen atoms in total. The van der Waals surface area contributed by atoms with Gasteiger partial charge in [-0.3, -0.25) is 4.79 Å². The van der Waals surface area contributed by atoms with Gasteiger partial charge in [-0.1, -0.05) is 18.5 Å². The topological polar surface area (TPSA) is 59.6 Å². The van der Waals surface area contributed by atoms with Gasteiger partial charge in [0.2, 0.25) is 5.91 Å². The van der Waals surface area contributed by atoms with E-state index in [1.807, 2.05) is 0 Å². The molecule has 0 radical (unpaired) electrons. The molecule has 1 aliphatic heterocycles. The van der Waals surface area contributed by atoms with Gasteiger partial charge in [0.1, 0.15) is 5.75 Å². The highest BCUT2D eigenvalue weighted by Gasteiger charge is 2.33. The number of hydrogen-bond acceptors (Lipinski definition) is 4. The van der Waals surface area contributed by atoms with Gasteiger partial charge in [-0.15, -0.1) is 0 Å². The van der Waals surface area contributed by atoms with Crippen molar-refractivity contribution in [2.75, 3.05) is 32.2 Å². The van der Waals surface area contributed by atoms with Crippen molar-refractivity contribution in [1.29, 1.82) is 0 Å². The van der Waals surface area contributed by atoms with Crippen LogP contribution in [0, 0.1) is 5.92 Å². The van der Waals surface area contributed by atoms with Crippen LogP contribution in [0.5, 0.6) is 5.75 Å². The minimum Gasteiger partial charge on any atom is -0.495 e. The lowest BCUT2D eigenvalue weighted by atomic mass is 10.0. The van der Waals surface area contributed by atoms with E-state index in [4.69, 9.17) is 21.1 Å². The third kappa shape index (κ3) is 4.09. The molecule has 6 heteroatoms. The molecule has 1 saturated heterocycles. The second-order valence-electron chi connectivity index (χ2n) is 5.04. The Labute approximate surface area is 130 Å². The first-order chi connectivity index (χ1) is 10.2. The van der Waals surface area contributed by atoms with Crippen molar-refractivity contribution in [2.24, 2.45) is 5.92 Å². The molecule has 0 aliphatic carbocycles. The fraction of sp³-hybridized carbons (Fsp3) is 0.533. The molecule has 1 heterocycles. The highest BCUT2D eigenvalue weighted by molar-refractivity contribution is 6.32. The molecule has 0 spiro atoms. The summed E-state index contributed by atoms with van der Waals surface area (Å²) in [5, 5.41) is 6.70. The molecule has 1 aliphatic rings. The number of carbonyl (C=O) groups excluding carboxylic acids is 1. The lowest BCUT2D eigenvalue weighted by Crippen LogP contribution is -2.41. The molecule has 2 N–H and O–H groups in total. The molecule has 21 heavy (non-hydrogen) atoms. The fourth-order valence-corrected chi connectivity index (χ4v) is 2.58. The first-order valence-electron chi connectivity index (χ1n) is 7.11. The van der Waals surface area contributed by atoms with Gasteiger partial charge < -0.3 is 20.1 Å². The first kappa shape index (κ1) is 16.1. The summed E-state index contributed by atoms with van der Waals surface area (Å²) in [6, 6.07) is 5.25. The maximum absolute atomic E-state index is 12.3. The van der Waals surface area contributed by atoms with E-state index in [0.29, 0.717) is 29.7 Å². The van der Waals surface area contributed by atoms with Gasteiger partial charge in [0.15, 0.2) is 0 Å². The summed E-state index contributed by atoms with van der Waals surface area (Å²) >= 11 is 6.06. The highest BCUT2D eigenvalue weighted by Crippen LogP contribution is 2.27. The van der Waals surface area contributed by atoms with Crippen LogP contribution in [0.25, 0.3) is 0 Å². The zero-order chi connectivity index (χ0) is 15.2. The number of methoxy groups -OCH3 is 1. The Morgan fingerprint density at radius 3 is 2.95 bits per heavy atom. The van der Waals surface area contributed by atoms with Crippen molar-refractivity contribution in [1.82, 2.24) is 5.32 Å². The van der Waals surface area contributed by atoms with Crippen LogP contribution in [0.15, 0.2) is 18.2 Å². The Morgan fingerprint density at radius 1 is 1.48 bits per heavy atom. The number of anilines is 1. The molecular formula is C15H21ClN2O3. The largest absolute Gasteiger partial charge is 0.495 e. The summed E-state index contributed by atoms with van der Waals surface area (Å²) in [5.41, 5.74) is 0.659. The molecular weight excluding hydrogens is 292 g/mol. The fourth-order valence-electron chi connectivity index (χ4n) is 2.32. The molecule has 1 aromatic rings. The van der Waals surface area contributed by atoms with E-state index < -0.39 is 0 Å². The Morgan fingerprint density at radius 2 is 2.29 bits per heavy atom. The summed E-state index contributed by atoms with van der Waals surface area (Å²) in [6.07, 6.45) is 1.03. The molecule has 1 amide bonds. The maximum atomic E-state index is 12.3. The van der Waals surface area contributed by atoms with E-state index in [-0.39, 0.29) is 17.9 Å². The van der Waals surface area contributed by atoms with Gasteiger partial charge in [0, 0.05) is 11.7 Å². The molecule has 1 fully saturated rings. The van der Waals surface area contributed by atoms with Crippen LogP contribution in [-0.4, -0.2) is 38.8 Å². The number of carbonyl (C=O) groups is 1. The SMILES string of the molecule is CCCNC1COCC1C(=O)Nc1ccc(OC)c(Cl)c1. The molecule has 0 bridgehead atoms. The van der Waals surface area contributed by atoms with Gasteiger partial charge >= 0.3 is 0 Å². The highest BCUT2D eigenvalue weighted by atomic mass is 35.5. The van der Waals surface area contributed by atoms with Crippen LogP contribution in [0.1, 0.15) is 13.3 Å². The Hall–Kier alpha value is -1.30. The average Bonchev–Trinajstić information content (AvgIpc) is 2.93. The summed E-state index contributed by atoms with van der Waals surface area (Å²) in [6.45, 7) is 3.99. The average molecular weight is 313 g/mol. The molecule has 2 rings (SSSR count). The van der Waals surface area contributed by atoms with Crippen LogP contribution >= 0.6 is 11.6 Å². The van der Waals surface area contributed by atoms with E-state index in [1.165, 1.54) is 0 Å². The zero-order valence-corrected chi connectivity index (χ0v) is 13.1. The van der Waals surface area contributed by atoms with Gasteiger partial charge in [0.25, 0.3) is 0 Å². The maximum Gasteiger partial charge on any atom is 0.231 e. The van der Waals surface area contributed by atoms with E-state index in [0.717, 1.165) is 13.0 Å². The van der Waals surface area contributed by atoms with Crippen LogP contribution in [0.3, 0.4) is 0 Å². The van der Waals surface area contributed by atoms with Gasteiger partial charge in [-0.2, -0.15) is 0 Å². The number of amides is 1. The van der Waals surface area contributed by atoms with Crippen LogP contribution in [0.2, 0.25) is 5.02 Å². The van der Waals surface area contributed by atoms with E-state index in [9.17, 15) is 4.79 Å². The van der Waals surface area contributed by atoms with Crippen LogP contribution < -0.4 is 15.4 Å². The zero-order valence-electron chi connectivity index (χ0n) is 12.3. The Bertz CT molecular complexity index is 496. The van der Waals surface area contributed by atoms with Crippen LogP contribution in [-0.2, 0) is 9.53 Å². The second kappa shape index (κ2) is 7.64. The Kier molecular flexibility index (Phi) is 5.85. The van der Waals surface area contributed by atoms with E-state index in [2.05, 4.69) is 17.6 Å². The second-order valence-corrected chi connectivity index (χ2v) is 5.45. The van der Waals surface area contributed by atoms with Crippen molar-refractivity contribution >= 4 is 23.2 Å². The van der Waals surface area contributed by atoms with Gasteiger partial charge in [-0.25, -0.2) is 0 Å². The first-order valence-corrected chi connectivity index (χ1v) is 7.49. The third-order valence-electron chi connectivity index (χ3n) is 3.49. The normalized spacial score (nSPS) is 21.3. The predicted octanol–water partition coefficient (Wildman–Crippen LogP) is 2.30. The minimum atomic E-state index is -0.183. The van der Waals surface area contributed by atoms with E-state index in [1.54, 1.807) is 25.3 Å². The number of ether oxygens (including phenoxy) is 2. The van der Waals surface area contributed by atoms with Crippen molar-refractivity contribution < 1.29 is 14.3 Å². The number of nitrogens with one attached hydrogen (secondary N) is 2. The van der Waals surface area contributed by atoms with Crippen molar-refractivity contribution in [3.8, 4) is 5.75 Å². The summed E-state index contributed by atoms with van der Waals surface area (Å²) in [7, 11) is 1.55. The quantitative estimate of drug-likeness (QED) is 0.846. The lowest BCUT2D eigenvalue weighted by molar-refractivity contribution is -0.120. The minimum absolute atomic E-state index is 0.0534.